The van der Waals surface area contributed by atoms with Gasteiger partial charge in [-0.3, -0.25) is 4.79 Å². The van der Waals surface area contributed by atoms with Gasteiger partial charge in [0.15, 0.2) is 0 Å². The summed E-state index contributed by atoms with van der Waals surface area (Å²) in [6.07, 6.45) is -4.68. The number of carbonyl (C=O) groups is 1. The second-order valence-electron chi connectivity index (χ2n) is 1.70. The van der Waals surface area contributed by atoms with E-state index in [2.05, 4.69) is 12.6 Å². The molecule has 0 spiro atoms. The first-order valence-corrected chi connectivity index (χ1v) is 4.56. The third kappa shape index (κ3) is 5.43. The molecule has 0 fully saturated rings. The lowest BCUT2D eigenvalue weighted by Crippen LogP contribution is -2.24. The fourth-order valence-electron chi connectivity index (χ4n) is 0.311. The number of carbonyl (C=O) groups excluding carboxylic acids is 1. The SMILES string of the molecule is O=C(CSCCS)C(F)(F)F. The zero-order valence-corrected chi connectivity index (χ0v) is 7.23. The zero-order chi connectivity index (χ0) is 8.91. The molecule has 0 aromatic heterocycles. The van der Waals surface area contributed by atoms with E-state index in [4.69, 9.17) is 0 Å². The molecule has 0 atom stereocenters. The highest BCUT2D eigenvalue weighted by Crippen LogP contribution is 2.18. The Morgan fingerprint density at radius 2 is 2.00 bits per heavy atom. The van der Waals surface area contributed by atoms with Gasteiger partial charge in [-0.2, -0.15) is 37.6 Å². The molecule has 66 valence electrons. The van der Waals surface area contributed by atoms with Gasteiger partial charge in [-0.05, 0) is 5.75 Å². The first-order chi connectivity index (χ1) is 4.98. The summed E-state index contributed by atoms with van der Waals surface area (Å²) in [5, 5.41) is 0. The van der Waals surface area contributed by atoms with Gasteiger partial charge in [0.2, 0.25) is 5.78 Å². The number of hydrogen-bond acceptors (Lipinski definition) is 3. The van der Waals surface area contributed by atoms with Crippen molar-refractivity contribution >= 4 is 30.2 Å². The molecule has 0 heterocycles. The van der Waals surface area contributed by atoms with Crippen molar-refractivity contribution in [2.75, 3.05) is 17.3 Å². The molecule has 0 bridgehead atoms. The highest BCUT2D eigenvalue weighted by Gasteiger charge is 2.37. The van der Waals surface area contributed by atoms with Gasteiger partial charge in [-0.25, -0.2) is 0 Å². The number of ketones is 1. The van der Waals surface area contributed by atoms with Crippen molar-refractivity contribution < 1.29 is 18.0 Å². The van der Waals surface area contributed by atoms with Crippen molar-refractivity contribution in [3.63, 3.8) is 0 Å². The van der Waals surface area contributed by atoms with Crippen LogP contribution in [0.3, 0.4) is 0 Å². The molecule has 0 radical (unpaired) electrons. The van der Waals surface area contributed by atoms with E-state index in [-0.39, 0.29) is 0 Å². The molecule has 0 aromatic rings. The van der Waals surface area contributed by atoms with Crippen molar-refractivity contribution in [2.45, 2.75) is 6.18 Å². The first kappa shape index (κ1) is 11.2. The van der Waals surface area contributed by atoms with Crippen LogP contribution < -0.4 is 0 Å². The normalized spacial score (nSPS) is 11.6. The van der Waals surface area contributed by atoms with Crippen LogP contribution >= 0.6 is 24.4 Å². The van der Waals surface area contributed by atoms with Crippen LogP contribution in [0.2, 0.25) is 0 Å². The van der Waals surface area contributed by atoms with Gasteiger partial charge in [0.25, 0.3) is 0 Å². The molecule has 0 aliphatic heterocycles. The molecule has 0 aliphatic carbocycles. The van der Waals surface area contributed by atoms with E-state index in [1.807, 2.05) is 0 Å². The van der Waals surface area contributed by atoms with Gasteiger partial charge < -0.3 is 0 Å². The molecular formula is C5H7F3OS2. The molecule has 0 amide bonds. The largest absolute Gasteiger partial charge is 0.450 e. The summed E-state index contributed by atoms with van der Waals surface area (Å²) >= 11 is 4.72. The second-order valence-corrected chi connectivity index (χ2v) is 3.25. The Bertz CT molecular complexity index is 134. The van der Waals surface area contributed by atoms with Gasteiger partial charge in [0.05, 0.1) is 5.75 Å². The van der Waals surface area contributed by atoms with Gasteiger partial charge in [0.1, 0.15) is 0 Å². The lowest BCUT2D eigenvalue weighted by molar-refractivity contribution is -0.167. The van der Waals surface area contributed by atoms with Crippen molar-refractivity contribution in [1.82, 2.24) is 0 Å². The van der Waals surface area contributed by atoms with E-state index in [0.29, 0.717) is 11.5 Å². The molecule has 6 heteroatoms. The third-order valence-corrected chi connectivity index (χ3v) is 2.27. The van der Waals surface area contributed by atoms with Crippen molar-refractivity contribution in [3.05, 3.63) is 0 Å². The molecular weight excluding hydrogens is 197 g/mol. The summed E-state index contributed by atoms with van der Waals surface area (Å²) in [4.78, 5) is 10.2. The number of thioether (sulfide) groups is 1. The summed E-state index contributed by atoms with van der Waals surface area (Å²) in [6.45, 7) is 0. The van der Waals surface area contributed by atoms with E-state index in [1.54, 1.807) is 0 Å². The molecule has 0 saturated heterocycles. The average molecular weight is 204 g/mol. The summed E-state index contributed by atoms with van der Waals surface area (Å²) in [6, 6.07) is 0. The maximum absolute atomic E-state index is 11.5. The number of alkyl halides is 3. The van der Waals surface area contributed by atoms with Crippen molar-refractivity contribution in [1.29, 1.82) is 0 Å². The Morgan fingerprint density at radius 1 is 1.45 bits per heavy atom. The molecule has 0 saturated carbocycles. The summed E-state index contributed by atoms with van der Waals surface area (Å²) in [5.41, 5.74) is 0. The number of thiol groups is 1. The summed E-state index contributed by atoms with van der Waals surface area (Å²) < 4.78 is 34.5. The fraction of sp³-hybridized carbons (Fsp3) is 0.800. The molecule has 0 rings (SSSR count). The topological polar surface area (TPSA) is 17.1 Å². The molecule has 0 N–H and O–H groups in total. The van der Waals surface area contributed by atoms with Gasteiger partial charge in [0, 0.05) is 5.75 Å². The highest BCUT2D eigenvalue weighted by molar-refractivity contribution is 8.00. The smallest absolute Gasteiger partial charge is 0.289 e. The highest BCUT2D eigenvalue weighted by atomic mass is 32.2. The van der Waals surface area contributed by atoms with E-state index in [0.717, 1.165) is 11.8 Å². The van der Waals surface area contributed by atoms with Crippen LogP contribution in [0, 0.1) is 0 Å². The average Bonchev–Trinajstić information content (AvgIpc) is 1.86. The number of hydrogen-bond donors (Lipinski definition) is 1. The molecule has 1 nitrogen and oxygen atoms in total. The van der Waals surface area contributed by atoms with Gasteiger partial charge in [-0.15, -0.1) is 0 Å². The van der Waals surface area contributed by atoms with Crippen molar-refractivity contribution in [2.24, 2.45) is 0 Å². The number of halogens is 3. The van der Waals surface area contributed by atoms with Crippen LogP contribution in [0.25, 0.3) is 0 Å². The minimum atomic E-state index is -4.68. The van der Waals surface area contributed by atoms with Crippen molar-refractivity contribution in [3.8, 4) is 0 Å². The van der Waals surface area contributed by atoms with Crippen LogP contribution in [0.4, 0.5) is 13.2 Å². The molecule has 0 aliphatic rings. The third-order valence-electron chi connectivity index (χ3n) is 0.785. The summed E-state index contributed by atoms with van der Waals surface area (Å²) in [5.74, 6) is -1.23. The van der Waals surface area contributed by atoms with Gasteiger partial charge >= 0.3 is 6.18 Å². The van der Waals surface area contributed by atoms with Crippen LogP contribution in [0.15, 0.2) is 0 Å². The number of rotatable bonds is 4. The quantitative estimate of drug-likeness (QED) is 0.555. The monoisotopic (exact) mass is 204 g/mol. The Kier molecular flexibility index (Phi) is 4.99. The Hall–Kier alpha value is 0.160. The minimum absolute atomic E-state index is 0.463. The Balaban J connectivity index is 3.54. The Labute approximate surface area is 72.1 Å². The van der Waals surface area contributed by atoms with Crippen LogP contribution in [0.1, 0.15) is 0 Å². The van der Waals surface area contributed by atoms with Crippen LogP contribution in [-0.2, 0) is 4.79 Å². The second kappa shape index (κ2) is 4.92. The first-order valence-electron chi connectivity index (χ1n) is 2.77. The maximum Gasteiger partial charge on any atom is 0.450 e. The summed E-state index contributed by atoms with van der Waals surface area (Å²) in [7, 11) is 0. The minimum Gasteiger partial charge on any atom is -0.289 e. The molecule has 0 aromatic carbocycles. The maximum atomic E-state index is 11.5. The lowest BCUT2D eigenvalue weighted by Gasteiger charge is -2.02. The number of Topliss-reactive ketones (excluding diaryl/α,β-unsaturated/α-hetero) is 1. The molecule has 11 heavy (non-hydrogen) atoms. The van der Waals surface area contributed by atoms with E-state index in [9.17, 15) is 18.0 Å². The van der Waals surface area contributed by atoms with E-state index < -0.39 is 17.7 Å². The fourth-order valence-corrected chi connectivity index (χ4v) is 1.32. The molecule has 0 unspecified atom stereocenters. The van der Waals surface area contributed by atoms with Crippen LogP contribution in [0.5, 0.6) is 0 Å². The lowest BCUT2D eigenvalue weighted by atomic mass is 10.4. The van der Waals surface area contributed by atoms with Gasteiger partial charge in [-0.1, -0.05) is 0 Å². The predicted molar refractivity (Wildman–Crippen MR) is 42.2 cm³/mol. The van der Waals surface area contributed by atoms with E-state index >= 15 is 0 Å². The standard InChI is InChI=1S/C5H7F3OS2/c6-5(7,8)4(9)3-11-2-1-10/h10H,1-3H2. The van der Waals surface area contributed by atoms with E-state index in [1.165, 1.54) is 0 Å². The zero-order valence-electron chi connectivity index (χ0n) is 5.52. The Morgan fingerprint density at radius 3 is 2.36 bits per heavy atom. The predicted octanol–water partition coefficient (Wildman–Crippen LogP) is 1.78. The van der Waals surface area contributed by atoms with Crippen LogP contribution in [-0.4, -0.2) is 29.2 Å².